The van der Waals surface area contributed by atoms with E-state index in [1.165, 1.54) is 117 Å². The Labute approximate surface area is 321 Å². The van der Waals surface area contributed by atoms with Crippen LogP contribution in [0.4, 0.5) is 0 Å². The van der Waals surface area contributed by atoms with Crippen LogP contribution in [0.5, 0.6) is 17.2 Å². The number of carbonyl (C=O) groups is 2. The largest absolute Gasteiger partial charge is 0.504 e. The summed E-state index contributed by atoms with van der Waals surface area (Å²) >= 11 is 0. The number of allylic oxidation sites excluding steroid dienone is 5. The number of ketones is 2. The molecule has 1 heterocycles. The van der Waals surface area contributed by atoms with Gasteiger partial charge in [0.15, 0.2) is 17.3 Å². The normalized spacial score (nSPS) is 19.5. The molecule has 7 nitrogen and oxygen atoms in total. The highest BCUT2D eigenvalue weighted by atomic mass is 16.6. The van der Waals surface area contributed by atoms with Crippen LogP contribution in [0.2, 0.25) is 0 Å². The fourth-order valence-electron chi connectivity index (χ4n) is 8.07. The summed E-state index contributed by atoms with van der Waals surface area (Å²) in [4.78, 5) is 28.0. The van der Waals surface area contributed by atoms with Crippen LogP contribution in [0.3, 0.4) is 0 Å². The highest BCUT2D eigenvalue weighted by Gasteiger charge is 2.71. The quantitative estimate of drug-likeness (QED) is 0.0599. The molecule has 1 aromatic rings. The Bertz CT molecular complexity index is 1340. The number of rotatable bonds is 30. The number of methoxy groups -OCH3 is 2. The van der Waals surface area contributed by atoms with Crippen molar-refractivity contribution in [1.29, 1.82) is 0 Å². The van der Waals surface area contributed by atoms with Crippen LogP contribution in [0.15, 0.2) is 42.2 Å². The molecule has 1 aliphatic carbocycles. The molecule has 2 N–H and O–H groups in total. The second kappa shape index (κ2) is 24.4. The zero-order valence-electron chi connectivity index (χ0n) is 33.8. The Hall–Kier alpha value is -3.06. The maximum absolute atomic E-state index is 14.4. The second-order valence-corrected chi connectivity index (χ2v) is 15.3. The molecule has 2 atom stereocenters. The van der Waals surface area contributed by atoms with Crippen molar-refractivity contribution in [2.75, 3.05) is 14.2 Å². The molecule has 0 aromatic heterocycles. The molecular formula is C46H72O7. The van der Waals surface area contributed by atoms with E-state index in [0.29, 0.717) is 24.0 Å². The summed E-state index contributed by atoms with van der Waals surface area (Å²) in [5.74, 6) is -3.36. The van der Waals surface area contributed by atoms with Gasteiger partial charge in [0.25, 0.3) is 5.79 Å². The summed E-state index contributed by atoms with van der Waals surface area (Å²) in [6, 6.07) is 1.50. The summed E-state index contributed by atoms with van der Waals surface area (Å²) in [6.45, 7) is 4.45. The standard InChI is InChI=1S/C46H72O7/c1-5-7-9-11-13-15-17-19-20-22-24-26-28-30-32-34-45-42-37(33-31-29-27-25-23-21-18-16-14-12-10-8-6-2)43(48)39(51-3)35-38(42)53-46(45,50)41(47)36-40(52-4)44(45)49/h11-14,35-36,48,50H,5-10,15-34H2,1-4H3/t45-,46+/m1/s1. The number of phenols is 1. The van der Waals surface area contributed by atoms with Crippen molar-refractivity contribution in [2.24, 2.45) is 0 Å². The van der Waals surface area contributed by atoms with Crippen molar-refractivity contribution in [3.63, 3.8) is 0 Å². The molecule has 0 fully saturated rings. The van der Waals surface area contributed by atoms with Crippen LogP contribution in [0.1, 0.15) is 185 Å². The lowest BCUT2D eigenvalue weighted by atomic mass is 9.62. The van der Waals surface area contributed by atoms with E-state index < -0.39 is 22.8 Å². The minimum Gasteiger partial charge on any atom is -0.504 e. The van der Waals surface area contributed by atoms with Gasteiger partial charge >= 0.3 is 0 Å². The van der Waals surface area contributed by atoms with Crippen molar-refractivity contribution in [1.82, 2.24) is 0 Å². The molecule has 0 unspecified atom stereocenters. The molecule has 0 saturated carbocycles. The molecule has 298 valence electrons. The average Bonchev–Trinajstić information content (AvgIpc) is 3.43. The molecule has 1 aromatic carbocycles. The van der Waals surface area contributed by atoms with Crippen LogP contribution >= 0.6 is 0 Å². The summed E-state index contributed by atoms with van der Waals surface area (Å²) in [5, 5.41) is 23.6. The predicted molar refractivity (Wildman–Crippen MR) is 216 cm³/mol. The molecule has 0 saturated heterocycles. The number of fused-ring (bicyclic) bond motifs is 3. The third-order valence-electron chi connectivity index (χ3n) is 11.2. The molecule has 2 aliphatic rings. The van der Waals surface area contributed by atoms with Gasteiger partial charge in [-0.05, 0) is 57.8 Å². The Morgan fingerprint density at radius 1 is 0.660 bits per heavy atom. The number of benzene rings is 1. The van der Waals surface area contributed by atoms with E-state index in [4.69, 9.17) is 14.2 Å². The Balaban J connectivity index is 1.61. The molecule has 1 aliphatic heterocycles. The average molecular weight is 737 g/mol. The second-order valence-electron chi connectivity index (χ2n) is 15.3. The van der Waals surface area contributed by atoms with Gasteiger partial charge in [0, 0.05) is 23.3 Å². The lowest BCUT2D eigenvalue weighted by molar-refractivity contribution is -0.190. The summed E-state index contributed by atoms with van der Waals surface area (Å²) in [5.41, 5.74) is -0.791. The minimum absolute atomic E-state index is 0.0632. The van der Waals surface area contributed by atoms with Gasteiger partial charge < -0.3 is 24.4 Å². The van der Waals surface area contributed by atoms with E-state index in [2.05, 4.69) is 38.2 Å². The van der Waals surface area contributed by atoms with Gasteiger partial charge in [0.2, 0.25) is 11.6 Å². The first-order valence-corrected chi connectivity index (χ1v) is 21.3. The van der Waals surface area contributed by atoms with Crippen molar-refractivity contribution in [2.45, 2.75) is 192 Å². The van der Waals surface area contributed by atoms with Crippen molar-refractivity contribution in [3.05, 3.63) is 53.3 Å². The number of aromatic hydroxyl groups is 1. The fraction of sp³-hybridized carbons (Fsp3) is 0.696. The number of hydrogen-bond acceptors (Lipinski definition) is 7. The van der Waals surface area contributed by atoms with Crippen LogP contribution in [0, 0.1) is 0 Å². The maximum atomic E-state index is 14.4. The lowest BCUT2D eigenvalue weighted by Crippen LogP contribution is -2.63. The highest BCUT2D eigenvalue weighted by molar-refractivity contribution is 6.18. The van der Waals surface area contributed by atoms with Crippen LogP contribution in [0.25, 0.3) is 0 Å². The van der Waals surface area contributed by atoms with Crippen molar-refractivity contribution >= 4 is 11.6 Å². The highest BCUT2D eigenvalue weighted by Crippen LogP contribution is 2.59. The van der Waals surface area contributed by atoms with Gasteiger partial charge in [-0.1, -0.05) is 147 Å². The lowest BCUT2D eigenvalue weighted by Gasteiger charge is -2.41. The van der Waals surface area contributed by atoms with E-state index in [0.717, 1.165) is 57.4 Å². The van der Waals surface area contributed by atoms with Crippen molar-refractivity contribution in [3.8, 4) is 17.2 Å². The molecule has 0 amide bonds. The number of aliphatic hydroxyl groups is 1. The summed E-state index contributed by atoms with van der Waals surface area (Å²) < 4.78 is 17.0. The molecule has 0 bridgehead atoms. The zero-order valence-corrected chi connectivity index (χ0v) is 33.8. The molecular weight excluding hydrogens is 664 g/mol. The van der Waals surface area contributed by atoms with Gasteiger partial charge in [-0.2, -0.15) is 0 Å². The first-order valence-electron chi connectivity index (χ1n) is 21.3. The van der Waals surface area contributed by atoms with Crippen LogP contribution < -0.4 is 9.47 Å². The predicted octanol–water partition coefficient (Wildman–Crippen LogP) is 11.8. The van der Waals surface area contributed by atoms with Gasteiger partial charge in [-0.3, -0.25) is 9.59 Å². The first-order chi connectivity index (χ1) is 25.8. The van der Waals surface area contributed by atoms with Gasteiger partial charge in [-0.15, -0.1) is 0 Å². The third-order valence-corrected chi connectivity index (χ3v) is 11.2. The van der Waals surface area contributed by atoms with E-state index in [9.17, 15) is 19.8 Å². The molecule has 0 spiro atoms. The smallest absolute Gasteiger partial charge is 0.289 e. The van der Waals surface area contributed by atoms with Crippen LogP contribution in [-0.2, 0) is 26.2 Å². The monoisotopic (exact) mass is 737 g/mol. The first kappa shape index (κ1) is 44.3. The SMILES string of the molecule is CCCCC=CCCCCCCCCCCC[C@@]12C(=O)C(OC)=CC(=O)[C@]1(O)Oc1cc(OC)c(O)c(CCCCCCCCCC=CCCCC)c12. The number of unbranched alkanes of at least 4 members (excludes halogenated alkanes) is 20. The fourth-order valence-corrected chi connectivity index (χ4v) is 8.07. The molecule has 3 rings (SSSR count). The number of phenolic OH excluding ortho intramolecular Hbond substituents is 1. The Kier molecular flexibility index (Phi) is 20.4. The Morgan fingerprint density at radius 2 is 1.13 bits per heavy atom. The van der Waals surface area contributed by atoms with Crippen molar-refractivity contribution < 1.29 is 34.0 Å². The number of hydrogen-bond donors (Lipinski definition) is 2. The van der Waals surface area contributed by atoms with Gasteiger partial charge in [-0.25, -0.2) is 0 Å². The van der Waals surface area contributed by atoms with E-state index >= 15 is 0 Å². The maximum Gasteiger partial charge on any atom is 0.289 e. The zero-order chi connectivity index (χ0) is 38.4. The van der Waals surface area contributed by atoms with E-state index in [1.807, 2.05) is 0 Å². The number of carbonyl (C=O) groups excluding carboxylic acids is 2. The van der Waals surface area contributed by atoms with E-state index in [1.54, 1.807) is 0 Å². The topological polar surface area (TPSA) is 102 Å². The van der Waals surface area contributed by atoms with Gasteiger partial charge in [0.1, 0.15) is 11.2 Å². The van der Waals surface area contributed by atoms with E-state index in [-0.39, 0.29) is 29.4 Å². The van der Waals surface area contributed by atoms with Crippen LogP contribution in [-0.4, -0.2) is 41.8 Å². The minimum atomic E-state index is -2.42. The molecule has 53 heavy (non-hydrogen) atoms. The number of ether oxygens (including phenoxy) is 3. The Morgan fingerprint density at radius 3 is 1.62 bits per heavy atom. The van der Waals surface area contributed by atoms with Gasteiger partial charge in [0.05, 0.1) is 14.2 Å². The number of Topliss-reactive ketones (excluding diaryl/α,β-unsaturated/α-hetero) is 1. The third kappa shape index (κ3) is 12.2. The summed E-state index contributed by atoms with van der Waals surface area (Å²) in [7, 11) is 2.83. The summed E-state index contributed by atoms with van der Waals surface area (Å²) in [6.07, 6.45) is 38.1. The molecule has 7 heteroatoms. The molecule has 0 radical (unpaired) electrons.